The first-order valence-electron chi connectivity index (χ1n) is 27.5. The van der Waals surface area contributed by atoms with Gasteiger partial charge in [0.2, 0.25) is 0 Å². The maximum Gasteiger partial charge on any atom is 0.169 e. The summed E-state index contributed by atoms with van der Waals surface area (Å²) >= 11 is 0. The van der Waals surface area contributed by atoms with Gasteiger partial charge in [0.25, 0.3) is 0 Å². The Kier molecular flexibility index (Phi) is 8.72. The molecule has 0 unspecified atom stereocenters. The predicted octanol–water partition coefficient (Wildman–Crippen LogP) is 18.6. The van der Waals surface area contributed by atoms with Crippen molar-refractivity contribution in [1.82, 2.24) is 4.40 Å². The number of carbonyl (C=O) groups excluding carboxylic acids is 2. The molecule has 73 heavy (non-hydrogen) atoms. The Balaban J connectivity index is 1.18. The standard InChI is InChI=1S/C68H63NO4/c1-36(2)65-23-27-67(28-24-65,38(5)6)63(70)48-34-54-50(32-52(48)65)58-46(44-19-13-17-42-40-15-9-11-21-56(40)72-61(42)44)31-47(45-20-14-18-43-41-16-10-12-22-57(41)73-62(43)45)59-51-33-53-49(35-55(51)69(54)60(58)59)64(71)68(39(7)8)29-25-66(53,26-30-68)37(3)4/h9-22,31-39H,23-30H2,1-8H3. The van der Waals surface area contributed by atoms with E-state index in [-0.39, 0.29) is 22.7 Å². The molecule has 11 aromatic rings. The highest BCUT2D eigenvalue weighted by Gasteiger charge is 2.57. The zero-order valence-corrected chi connectivity index (χ0v) is 43.5. The van der Waals surface area contributed by atoms with Crippen molar-refractivity contribution < 1.29 is 18.4 Å². The minimum absolute atomic E-state index is 0.136. The van der Waals surface area contributed by atoms with Gasteiger partial charge in [-0.1, -0.05) is 128 Å². The topological polar surface area (TPSA) is 64.8 Å². The Morgan fingerprint density at radius 1 is 0.384 bits per heavy atom. The van der Waals surface area contributed by atoms with E-state index in [2.05, 4.69) is 175 Å². The molecule has 6 aliphatic carbocycles. The van der Waals surface area contributed by atoms with Crippen LogP contribution in [0.15, 0.2) is 124 Å². The number of aromatic nitrogens is 1. The molecule has 4 heterocycles. The number of rotatable bonds is 6. The fraction of sp³-hybridized carbons (Fsp3) is 0.353. The lowest BCUT2D eigenvalue weighted by molar-refractivity contribution is 0.0470. The molecule has 5 nitrogen and oxygen atoms in total. The molecule has 7 aromatic carbocycles. The van der Waals surface area contributed by atoms with E-state index in [0.717, 1.165) is 167 Å². The average Bonchev–Trinajstić information content (AvgIpc) is 4.12. The van der Waals surface area contributed by atoms with Gasteiger partial charge in [-0.2, -0.15) is 0 Å². The summed E-state index contributed by atoms with van der Waals surface area (Å²) in [7, 11) is 0. The lowest BCUT2D eigenvalue weighted by atomic mass is 9.57. The lowest BCUT2D eigenvalue weighted by Crippen LogP contribution is -2.42. The van der Waals surface area contributed by atoms with E-state index in [0.29, 0.717) is 23.4 Å². The van der Waals surface area contributed by atoms with E-state index in [4.69, 9.17) is 8.83 Å². The van der Waals surface area contributed by atoms with Gasteiger partial charge in [-0.3, -0.25) is 9.59 Å². The molecule has 0 radical (unpaired) electrons. The second-order valence-electron chi connectivity index (χ2n) is 24.7. The summed E-state index contributed by atoms with van der Waals surface area (Å²) in [5.41, 5.74) is 14.0. The van der Waals surface area contributed by atoms with Gasteiger partial charge in [-0.05, 0) is 151 Å². The molecular formula is C68H63NO4. The molecule has 17 rings (SSSR count). The van der Waals surface area contributed by atoms with E-state index in [1.54, 1.807) is 0 Å². The molecule has 364 valence electrons. The first-order chi connectivity index (χ1) is 35.2. The number of benzene rings is 7. The van der Waals surface area contributed by atoms with Crippen molar-refractivity contribution >= 4 is 93.5 Å². The van der Waals surface area contributed by atoms with Gasteiger partial charge in [-0.25, -0.2) is 0 Å². The van der Waals surface area contributed by atoms with Crippen LogP contribution in [0.3, 0.4) is 0 Å². The number of hydrogen-bond donors (Lipinski definition) is 0. The highest BCUT2D eigenvalue weighted by atomic mass is 16.3. The molecule has 2 fully saturated rings. The molecule has 0 saturated heterocycles. The Labute approximate surface area is 426 Å². The zero-order chi connectivity index (χ0) is 49.8. The van der Waals surface area contributed by atoms with E-state index < -0.39 is 10.8 Å². The molecule has 0 spiro atoms. The van der Waals surface area contributed by atoms with Crippen LogP contribution in [0.1, 0.15) is 139 Å². The number of fused-ring (bicyclic) bond motifs is 16. The van der Waals surface area contributed by atoms with E-state index in [1.165, 1.54) is 11.1 Å². The van der Waals surface area contributed by atoms with Crippen molar-refractivity contribution in [3.05, 3.63) is 138 Å². The van der Waals surface area contributed by atoms with Gasteiger partial charge in [0.05, 0.1) is 16.6 Å². The zero-order valence-electron chi connectivity index (χ0n) is 43.5. The van der Waals surface area contributed by atoms with Crippen LogP contribution in [-0.4, -0.2) is 16.0 Å². The van der Waals surface area contributed by atoms with Crippen LogP contribution in [0.4, 0.5) is 0 Å². The number of carbonyl (C=O) groups is 2. The van der Waals surface area contributed by atoms with Crippen LogP contribution >= 0.6 is 0 Å². The molecule has 0 N–H and O–H groups in total. The number of furan rings is 2. The predicted molar refractivity (Wildman–Crippen MR) is 300 cm³/mol. The van der Waals surface area contributed by atoms with Crippen LogP contribution in [-0.2, 0) is 10.8 Å². The second kappa shape index (κ2) is 14.5. The van der Waals surface area contributed by atoms with Crippen LogP contribution in [0.25, 0.3) is 104 Å². The first-order valence-corrected chi connectivity index (χ1v) is 27.5. The third-order valence-electron chi connectivity index (χ3n) is 21.2. The summed E-state index contributed by atoms with van der Waals surface area (Å²) in [6.45, 7) is 18.6. The number of para-hydroxylation sites is 4. The summed E-state index contributed by atoms with van der Waals surface area (Å²) in [5, 5.41) is 8.95. The highest BCUT2D eigenvalue weighted by molar-refractivity contribution is 6.33. The third kappa shape index (κ3) is 5.24. The van der Waals surface area contributed by atoms with Crippen LogP contribution in [0.2, 0.25) is 0 Å². The van der Waals surface area contributed by atoms with E-state index in [9.17, 15) is 0 Å². The second-order valence-corrected chi connectivity index (χ2v) is 24.7. The van der Waals surface area contributed by atoms with Gasteiger partial charge < -0.3 is 13.2 Å². The Morgan fingerprint density at radius 3 is 1.15 bits per heavy atom. The fourth-order valence-electron chi connectivity index (χ4n) is 16.6. The normalized spacial score (nSPS) is 24.2. The lowest BCUT2D eigenvalue weighted by Gasteiger charge is -2.46. The SMILES string of the molecule is CC(C)C12CCC(C(C)C)(CC1)c1cc3c4c(-c5cccc6c5oc5ccccc56)cc(-c5cccc6c5oc5ccccc56)c5c6cc7c(cc6n(c3cc1C2=O)c45)C(=O)C1(C(C)C)CCC7(C(C)C)CC1. The smallest absolute Gasteiger partial charge is 0.169 e. The molecule has 0 aliphatic heterocycles. The molecule has 5 heteroatoms. The van der Waals surface area contributed by atoms with Crippen LogP contribution < -0.4 is 0 Å². The summed E-state index contributed by atoms with van der Waals surface area (Å²) in [5.74, 6) is 1.75. The minimum atomic E-state index is -0.405. The van der Waals surface area contributed by atoms with Crippen molar-refractivity contribution in [1.29, 1.82) is 0 Å². The minimum Gasteiger partial charge on any atom is -0.455 e. The Bertz CT molecular complexity index is 3960. The Hall–Kier alpha value is -6.72. The van der Waals surface area contributed by atoms with Crippen molar-refractivity contribution in [2.24, 2.45) is 34.5 Å². The molecular weight excluding hydrogens is 895 g/mol. The maximum atomic E-state index is 15.8. The van der Waals surface area contributed by atoms with Gasteiger partial charge in [0.15, 0.2) is 11.6 Å². The van der Waals surface area contributed by atoms with Crippen molar-refractivity contribution in [3.63, 3.8) is 0 Å². The summed E-state index contributed by atoms with van der Waals surface area (Å²) < 4.78 is 16.5. The molecule has 4 bridgehead atoms. The highest BCUT2D eigenvalue weighted by Crippen LogP contribution is 2.63. The van der Waals surface area contributed by atoms with Gasteiger partial charge in [-0.15, -0.1) is 0 Å². The van der Waals surface area contributed by atoms with Crippen LogP contribution in [0, 0.1) is 34.5 Å². The molecule has 0 atom stereocenters. The number of hydrogen-bond acceptors (Lipinski definition) is 4. The molecule has 6 aliphatic rings. The van der Waals surface area contributed by atoms with Gasteiger partial charge in [0, 0.05) is 76.2 Å². The molecule has 0 amide bonds. The van der Waals surface area contributed by atoms with Gasteiger partial charge in [0.1, 0.15) is 22.3 Å². The Morgan fingerprint density at radius 2 is 0.753 bits per heavy atom. The number of ketones is 2. The summed E-state index contributed by atoms with van der Waals surface area (Å²) in [4.78, 5) is 31.5. The number of Topliss-reactive ketones (excluding diaryl/α,β-unsaturated/α-hetero) is 2. The van der Waals surface area contributed by atoms with Crippen molar-refractivity contribution in [2.75, 3.05) is 0 Å². The summed E-state index contributed by atoms with van der Waals surface area (Å²) in [6, 6.07) is 42.0. The molecule has 4 aromatic heterocycles. The number of nitrogens with zero attached hydrogens (tertiary/aromatic N) is 1. The first kappa shape index (κ1) is 43.8. The maximum absolute atomic E-state index is 15.8. The fourth-order valence-corrected chi connectivity index (χ4v) is 16.6. The van der Waals surface area contributed by atoms with Crippen LogP contribution in [0.5, 0.6) is 0 Å². The van der Waals surface area contributed by atoms with Crippen molar-refractivity contribution in [3.8, 4) is 22.3 Å². The average molecular weight is 958 g/mol. The third-order valence-corrected chi connectivity index (χ3v) is 21.2. The quantitative estimate of drug-likeness (QED) is 0.167. The van der Waals surface area contributed by atoms with E-state index >= 15 is 9.59 Å². The monoisotopic (exact) mass is 957 g/mol. The van der Waals surface area contributed by atoms with Gasteiger partial charge >= 0.3 is 0 Å². The van der Waals surface area contributed by atoms with Crippen molar-refractivity contribution in [2.45, 2.75) is 118 Å². The molecule has 2 saturated carbocycles. The van der Waals surface area contributed by atoms with E-state index in [1.807, 2.05) is 0 Å². The largest absolute Gasteiger partial charge is 0.455 e. The summed E-state index contributed by atoms with van der Waals surface area (Å²) in [6.07, 6.45) is 7.64.